The van der Waals surface area contributed by atoms with E-state index < -0.39 is 23.2 Å². The van der Waals surface area contributed by atoms with Gasteiger partial charge in [0, 0.05) is 12.0 Å². The average Bonchev–Trinajstić information content (AvgIpc) is 2.86. The standard InChI is InChI=1S/C18H20O5/c1-22-12-5-4-9-7-10-3-2-6-17-14(9)15(12)23-16(17)11(19)8-13(20)18(10,17)21/h4-5,10,13,16,20-21H,2-3,6-8H2,1H3/t10-,13-,16+,17+,18?/m1/s1. The van der Waals surface area contributed by atoms with Crippen LogP contribution in [0.3, 0.4) is 0 Å². The zero-order chi connectivity index (χ0) is 16.0. The molecular weight excluding hydrogens is 296 g/mol. The monoisotopic (exact) mass is 316 g/mol. The van der Waals surface area contributed by atoms with Crippen LogP contribution in [0.1, 0.15) is 36.8 Å². The summed E-state index contributed by atoms with van der Waals surface area (Å²) in [5, 5.41) is 22.3. The SMILES string of the molecule is COc1ccc2c3c1O[C@H]1C(=O)C[C@@H](O)C4(O)[C@H](CCC[C@]314)C2. The van der Waals surface area contributed by atoms with E-state index in [9.17, 15) is 15.0 Å². The van der Waals surface area contributed by atoms with E-state index in [4.69, 9.17) is 9.47 Å². The van der Waals surface area contributed by atoms with E-state index in [0.29, 0.717) is 24.3 Å². The highest BCUT2D eigenvalue weighted by Crippen LogP contribution is 2.66. The van der Waals surface area contributed by atoms with E-state index in [-0.39, 0.29) is 18.1 Å². The van der Waals surface area contributed by atoms with Crippen LogP contribution in [0, 0.1) is 5.92 Å². The number of rotatable bonds is 1. The van der Waals surface area contributed by atoms with E-state index in [1.54, 1.807) is 7.11 Å². The molecule has 1 spiro atoms. The highest BCUT2D eigenvalue weighted by Gasteiger charge is 2.74. The number of ketones is 1. The fraction of sp³-hybridized carbons (Fsp3) is 0.611. The molecule has 5 rings (SSSR count). The number of aliphatic hydroxyl groups excluding tert-OH is 1. The van der Waals surface area contributed by atoms with Gasteiger partial charge in [-0.3, -0.25) is 4.79 Å². The summed E-state index contributed by atoms with van der Waals surface area (Å²) in [6.45, 7) is 0. The number of carbonyl (C=O) groups is 1. The van der Waals surface area contributed by atoms with Crippen molar-refractivity contribution in [2.24, 2.45) is 5.92 Å². The lowest BCUT2D eigenvalue weighted by atomic mass is 9.45. The van der Waals surface area contributed by atoms with Gasteiger partial charge in [0.2, 0.25) is 0 Å². The van der Waals surface area contributed by atoms with Crippen LogP contribution in [0.2, 0.25) is 0 Å². The van der Waals surface area contributed by atoms with Crippen molar-refractivity contribution in [3.63, 3.8) is 0 Å². The molecule has 5 atom stereocenters. The van der Waals surface area contributed by atoms with Crippen LogP contribution in [-0.2, 0) is 16.6 Å². The maximum absolute atomic E-state index is 12.6. The second kappa shape index (κ2) is 4.08. The first-order valence-electron chi connectivity index (χ1n) is 8.34. The molecule has 5 nitrogen and oxygen atoms in total. The third-order valence-electron chi connectivity index (χ3n) is 6.68. The Bertz CT molecular complexity index is 728. The van der Waals surface area contributed by atoms with Crippen molar-refractivity contribution in [2.75, 3.05) is 7.11 Å². The molecule has 4 aliphatic rings. The molecule has 1 aromatic carbocycles. The molecule has 3 aliphatic carbocycles. The number of Topliss-reactive ketones (excluding diaryl/α,β-unsaturated/α-hetero) is 1. The van der Waals surface area contributed by atoms with Crippen molar-refractivity contribution in [2.45, 2.75) is 55.3 Å². The smallest absolute Gasteiger partial charge is 0.177 e. The third-order valence-corrected chi connectivity index (χ3v) is 6.68. The highest BCUT2D eigenvalue weighted by atomic mass is 16.5. The van der Waals surface area contributed by atoms with Gasteiger partial charge in [-0.25, -0.2) is 0 Å². The lowest BCUT2D eigenvalue weighted by molar-refractivity contribution is -0.219. The second-order valence-electron chi connectivity index (χ2n) is 7.41. The molecule has 2 fully saturated rings. The van der Waals surface area contributed by atoms with Crippen molar-refractivity contribution >= 4 is 5.78 Å². The van der Waals surface area contributed by atoms with Gasteiger partial charge in [-0.05, 0) is 36.8 Å². The van der Waals surface area contributed by atoms with Crippen LogP contribution in [0.25, 0.3) is 0 Å². The number of carbonyl (C=O) groups excluding carboxylic acids is 1. The minimum atomic E-state index is -1.28. The van der Waals surface area contributed by atoms with E-state index in [2.05, 4.69) is 0 Å². The summed E-state index contributed by atoms with van der Waals surface area (Å²) >= 11 is 0. The van der Waals surface area contributed by atoms with Crippen LogP contribution >= 0.6 is 0 Å². The normalized spacial score (nSPS) is 42.9. The Morgan fingerprint density at radius 2 is 2.17 bits per heavy atom. The maximum Gasteiger partial charge on any atom is 0.177 e. The summed E-state index contributed by atoms with van der Waals surface area (Å²) in [4.78, 5) is 12.6. The number of aliphatic hydroxyl groups is 2. The van der Waals surface area contributed by atoms with Crippen molar-refractivity contribution in [3.8, 4) is 11.5 Å². The fourth-order valence-corrected chi connectivity index (χ4v) is 5.86. The highest BCUT2D eigenvalue weighted by molar-refractivity contribution is 5.90. The molecular formula is C18H20O5. The molecule has 2 bridgehead atoms. The molecule has 1 unspecified atom stereocenters. The molecule has 0 amide bonds. The van der Waals surface area contributed by atoms with Crippen molar-refractivity contribution < 1.29 is 24.5 Å². The number of benzene rings is 1. The van der Waals surface area contributed by atoms with Crippen LogP contribution in [0.5, 0.6) is 11.5 Å². The summed E-state index contributed by atoms with van der Waals surface area (Å²) < 4.78 is 11.5. The summed E-state index contributed by atoms with van der Waals surface area (Å²) in [6.07, 6.45) is 1.42. The van der Waals surface area contributed by atoms with Crippen LogP contribution in [-0.4, -0.2) is 40.9 Å². The summed E-state index contributed by atoms with van der Waals surface area (Å²) in [7, 11) is 1.58. The Balaban J connectivity index is 1.88. The van der Waals surface area contributed by atoms with E-state index in [1.165, 1.54) is 0 Å². The van der Waals surface area contributed by atoms with Gasteiger partial charge in [0.05, 0.1) is 18.6 Å². The largest absolute Gasteiger partial charge is 0.493 e. The molecule has 122 valence electrons. The van der Waals surface area contributed by atoms with Gasteiger partial charge >= 0.3 is 0 Å². The molecule has 1 aromatic rings. The molecule has 1 heterocycles. The molecule has 0 radical (unpaired) electrons. The first-order chi connectivity index (χ1) is 11.0. The Labute approximate surface area is 134 Å². The van der Waals surface area contributed by atoms with Crippen molar-refractivity contribution in [1.29, 1.82) is 0 Å². The molecule has 2 saturated carbocycles. The Hall–Kier alpha value is -1.59. The minimum Gasteiger partial charge on any atom is -0.493 e. The van der Waals surface area contributed by atoms with E-state index >= 15 is 0 Å². The predicted octanol–water partition coefficient (Wildman–Crippen LogP) is 1.11. The van der Waals surface area contributed by atoms with Crippen LogP contribution in [0.4, 0.5) is 0 Å². The Kier molecular flexibility index (Phi) is 2.45. The second-order valence-corrected chi connectivity index (χ2v) is 7.41. The van der Waals surface area contributed by atoms with Gasteiger partial charge in [-0.15, -0.1) is 0 Å². The number of hydrogen-bond donors (Lipinski definition) is 2. The van der Waals surface area contributed by atoms with Crippen LogP contribution < -0.4 is 9.47 Å². The fourth-order valence-electron chi connectivity index (χ4n) is 5.86. The van der Waals surface area contributed by atoms with Gasteiger partial charge in [0.1, 0.15) is 5.60 Å². The minimum absolute atomic E-state index is 0.0303. The van der Waals surface area contributed by atoms with Gasteiger partial charge in [0.15, 0.2) is 23.4 Å². The lowest BCUT2D eigenvalue weighted by Crippen LogP contribution is -2.75. The topological polar surface area (TPSA) is 76.0 Å². The molecule has 1 aliphatic heterocycles. The quantitative estimate of drug-likeness (QED) is 0.812. The summed E-state index contributed by atoms with van der Waals surface area (Å²) in [5.74, 6) is 1.05. The average molecular weight is 316 g/mol. The van der Waals surface area contributed by atoms with Gasteiger partial charge in [0.25, 0.3) is 0 Å². The zero-order valence-electron chi connectivity index (χ0n) is 13.0. The van der Waals surface area contributed by atoms with Gasteiger partial charge < -0.3 is 19.7 Å². The molecule has 0 saturated heterocycles. The summed E-state index contributed by atoms with van der Waals surface area (Å²) in [6, 6.07) is 3.90. The number of hydrogen-bond acceptors (Lipinski definition) is 5. The van der Waals surface area contributed by atoms with Gasteiger partial charge in [-0.2, -0.15) is 0 Å². The molecule has 23 heavy (non-hydrogen) atoms. The van der Waals surface area contributed by atoms with Crippen LogP contribution in [0.15, 0.2) is 12.1 Å². The number of methoxy groups -OCH3 is 1. The Morgan fingerprint density at radius 1 is 1.35 bits per heavy atom. The maximum atomic E-state index is 12.6. The number of ether oxygens (including phenoxy) is 2. The first-order valence-corrected chi connectivity index (χ1v) is 8.34. The molecule has 5 heteroatoms. The van der Waals surface area contributed by atoms with Crippen molar-refractivity contribution in [1.82, 2.24) is 0 Å². The summed E-state index contributed by atoms with van der Waals surface area (Å²) in [5.41, 5.74) is -0.0664. The lowest BCUT2D eigenvalue weighted by Gasteiger charge is -2.61. The van der Waals surface area contributed by atoms with Crippen molar-refractivity contribution in [3.05, 3.63) is 23.3 Å². The third kappa shape index (κ3) is 1.28. The molecule has 0 aromatic heterocycles. The van der Waals surface area contributed by atoms with Gasteiger partial charge in [-0.1, -0.05) is 12.5 Å². The molecule has 2 N–H and O–H groups in total. The zero-order valence-corrected chi connectivity index (χ0v) is 13.0. The van der Waals surface area contributed by atoms with E-state index in [0.717, 1.165) is 24.0 Å². The van der Waals surface area contributed by atoms with E-state index in [1.807, 2.05) is 12.1 Å². The Morgan fingerprint density at radius 3 is 2.96 bits per heavy atom. The first kappa shape index (κ1) is 13.8. The predicted molar refractivity (Wildman–Crippen MR) is 80.7 cm³/mol.